The van der Waals surface area contributed by atoms with E-state index in [1.807, 2.05) is 12.2 Å². The maximum absolute atomic E-state index is 3.63. The minimum absolute atomic E-state index is 1.09. The molecule has 0 unspecified atom stereocenters. The molecule has 0 radical (unpaired) electrons. The van der Waals surface area contributed by atoms with Crippen molar-refractivity contribution in [2.24, 2.45) is 0 Å². The molecule has 1 heterocycles. The van der Waals surface area contributed by atoms with Crippen LogP contribution in [0.4, 0.5) is 0 Å². The Labute approximate surface area is 80.6 Å². The van der Waals surface area contributed by atoms with E-state index in [9.17, 15) is 0 Å². The lowest BCUT2D eigenvalue weighted by Crippen LogP contribution is -2.42. The van der Waals surface area contributed by atoms with Crippen LogP contribution in [0.2, 0.25) is 0 Å². The molecule has 2 nitrogen and oxygen atoms in total. The number of hydrogen-bond acceptors (Lipinski definition) is 2. The normalized spacial score (nSPS) is 19.5. The third kappa shape index (κ3) is 3.47. The summed E-state index contributed by atoms with van der Waals surface area (Å²) in [6.45, 7) is 10.2. The molecule has 0 bridgehead atoms. The van der Waals surface area contributed by atoms with Crippen molar-refractivity contribution in [1.82, 2.24) is 10.2 Å². The van der Waals surface area contributed by atoms with Crippen LogP contribution < -0.4 is 5.32 Å². The van der Waals surface area contributed by atoms with Crippen LogP contribution in [0.25, 0.3) is 0 Å². The van der Waals surface area contributed by atoms with Gasteiger partial charge < -0.3 is 10.2 Å². The highest BCUT2D eigenvalue weighted by atomic mass is 15.2. The van der Waals surface area contributed by atoms with Gasteiger partial charge in [0.25, 0.3) is 0 Å². The summed E-state index contributed by atoms with van der Waals surface area (Å²) in [5, 5.41) is 3.33. The Balaban J connectivity index is 2.44. The summed E-state index contributed by atoms with van der Waals surface area (Å²) in [7, 11) is 0. The first-order chi connectivity index (χ1) is 6.34. The molecule has 2 heteroatoms. The topological polar surface area (TPSA) is 15.3 Å². The van der Waals surface area contributed by atoms with Gasteiger partial charge in [0.2, 0.25) is 0 Å². The smallest absolute Gasteiger partial charge is 0.0300 e. The molecule has 0 spiro atoms. The van der Waals surface area contributed by atoms with Crippen LogP contribution >= 0.6 is 0 Å². The molecule has 0 aromatic heterocycles. The van der Waals surface area contributed by atoms with Gasteiger partial charge in [-0.05, 0) is 13.0 Å². The zero-order chi connectivity index (χ0) is 9.52. The number of nitrogens with one attached hydrogen (secondary N) is 1. The maximum atomic E-state index is 3.63. The van der Waals surface area contributed by atoms with E-state index in [2.05, 4.69) is 29.8 Å². The average molecular weight is 178 g/mol. The van der Waals surface area contributed by atoms with Crippen LogP contribution in [-0.2, 0) is 0 Å². The van der Waals surface area contributed by atoms with Gasteiger partial charge in [0.05, 0.1) is 0 Å². The number of nitrogens with zero attached hydrogens (tertiary/aromatic N) is 1. The molecule has 0 saturated carbocycles. The summed E-state index contributed by atoms with van der Waals surface area (Å²) in [6, 6.07) is 0. The van der Waals surface area contributed by atoms with Gasteiger partial charge in [0.15, 0.2) is 0 Å². The third-order valence-electron chi connectivity index (χ3n) is 2.20. The second-order valence-electron chi connectivity index (χ2n) is 3.17. The largest absolute Gasteiger partial charge is 0.372 e. The summed E-state index contributed by atoms with van der Waals surface area (Å²) in [5.41, 5.74) is 1.33. The van der Waals surface area contributed by atoms with Crippen molar-refractivity contribution >= 4 is 0 Å². The molecule has 1 aliphatic rings. The van der Waals surface area contributed by atoms with Gasteiger partial charge in [-0.25, -0.2) is 0 Å². The molecule has 72 valence electrons. The van der Waals surface area contributed by atoms with E-state index in [-0.39, 0.29) is 0 Å². The average Bonchev–Trinajstić information content (AvgIpc) is 2.19. The van der Waals surface area contributed by atoms with E-state index in [4.69, 9.17) is 0 Å². The van der Waals surface area contributed by atoms with E-state index in [1.165, 1.54) is 5.70 Å². The first kappa shape index (κ1) is 10.1. The summed E-state index contributed by atoms with van der Waals surface area (Å²) in [5.74, 6) is 0. The van der Waals surface area contributed by atoms with Crippen molar-refractivity contribution in [3.63, 3.8) is 0 Å². The highest BCUT2D eigenvalue weighted by Crippen LogP contribution is 2.04. The Morgan fingerprint density at radius 2 is 2.00 bits per heavy atom. The van der Waals surface area contributed by atoms with Crippen LogP contribution in [-0.4, -0.2) is 31.1 Å². The molecular weight excluding hydrogens is 160 g/mol. The molecule has 1 N–H and O–H groups in total. The molecule has 0 aliphatic carbocycles. The van der Waals surface area contributed by atoms with Crippen LogP contribution in [0, 0.1) is 0 Å². The van der Waals surface area contributed by atoms with Crippen molar-refractivity contribution in [2.45, 2.75) is 6.92 Å². The second-order valence-corrected chi connectivity index (χ2v) is 3.17. The van der Waals surface area contributed by atoms with Crippen LogP contribution in [0.1, 0.15) is 6.92 Å². The molecule has 1 aliphatic heterocycles. The Kier molecular flexibility index (Phi) is 4.33. The number of rotatable bonds is 3. The predicted molar refractivity (Wildman–Crippen MR) is 57.5 cm³/mol. The number of piperazine rings is 1. The third-order valence-corrected chi connectivity index (χ3v) is 2.20. The first-order valence-corrected chi connectivity index (χ1v) is 4.76. The molecule has 0 amide bonds. The SMILES string of the molecule is C=C/C=C\C=C(/C)N1CCNCC1. The van der Waals surface area contributed by atoms with Gasteiger partial charge in [-0.1, -0.05) is 24.8 Å². The van der Waals surface area contributed by atoms with Gasteiger partial charge in [0, 0.05) is 31.9 Å². The molecule has 0 atom stereocenters. The van der Waals surface area contributed by atoms with E-state index in [0.717, 1.165) is 26.2 Å². The van der Waals surface area contributed by atoms with Gasteiger partial charge in [-0.3, -0.25) is 0 Å². The van der Waals surface area contributed by atoms with Crippen molar-refractivity contribution in [3.05, 3.63) is 36.6 Å². The minimum Gasteiger partial charge on any atom is -0.372 e. The van der Waals surface area contributed by atoms with Crippen LogP contribution in [0.5, 0.6) is 0 Å². The van der Waals surface area contributed by atoms with E-state index >= 15 is 0 Å². The van der Waals surface area contributed by atoms with E-state index < -0.39 is 0 Å². The summed E-state index contributed by atoms with van der Waals surface area (Å²) in [6.07, 6.45) is 7.91. The monoisotopic (exact) mass is 178 g/mol. The highest BCUT2D eigenvalue weighted by molar-refractivity contribution is 5.14. The quantitative estimate of drug-likeness (QED) is 0.659. The Morgan fingerprint density at radius 1 is 1.31 bits per heavy atom. The predicted octanol–water partition coefficient (Wildman–Crippen LogP) is 1.54. The van der Waals surface area contributed by atoms with Crippen LogP contribution in [0.3, 0.4) is 0 Å². The van der Waals surface area contributed by atoms with Crippen molar-refractivity contribution in [3.8, 4) is 0 Å². The lowest BCUT2D eigenvalue weighted by molar-refractivity contribution is 0.300. The zero-order valence-electron chi connectivity index (χ0n) is 8.29. The van der Waals surface area contributed by atoms with Gasteiger partial charge in [-0.15, -0.1) is 0 Å². The second kappa shape index (κ2) is 5.60. The fraction of sp³-hybridized carbons (Fsp3) is 0.455. The Morgan fingerprint density at radius 3 is 2.62 bits per heavy atom. The Bertz CT molecular complexity index is 210. The molecule has 1 rings (SSSR count). The van der Waals surface area contributed by atoms with Gasteiger partial charge in [-0.2, -0.15) is 0 Å². The fourth-order valence-corrected chi connectivity index (χ4v) is 1.40. The summed E-state index contributed by atoms with van der Waals surface area (Å²) in [4.78, 5) is 2.39. The highest BCUT2D eigenvalue weighted by Gasteiger charge is 2.07. The number of allylic oxidation sites excluding steroid dienone is 5. The molecular formula is C11H18N2. The lowest BCUT2D eigenvalue weighted by atomic mass is 10.3. The zero-order valence-corrected chi connectivity index (χ0v) is 8.29. The van der Waals surface area contributed by atoms with Crippen molar-refractivity contribution in [2.75, 3.05) is 26.2 Å². The minimum atomic E-state index is 1.09. The maximum Gasteiger partial charge on any atom is 0.0300 e. The summed E-state index contributed by atoms with van der Waals surface area (Å²) < 4.78 is 0. The van der Waals surface area contributed by atoms with E-state index in [0.29, 0.717) is 0 Å². The van der Waals surface area contributed by atoms with Crippen LogP contribution in [0.15, 0.2) is 36.6 Å². The molecule has 0 aromatic rings. The lowest BCUT2D eigenvalue weighted by Gasteiger charge is -2.29. The number of hydrogen-bond donors (Lipinski definition) is 1. The van der Waals surface area contributed by atoms with E-state index in [1.54, 1.807) is 6.08 Å². The molecule has 0 aromatic carbocycles. The van der Waals surface area contributed by atoms with Crippen molar-refractivity contribution in [1.29, 1.82) is 0 Å². The summed E-state index contributed by atoms with van der Waals surface area (Å²) >= 11 is 0. The Hall–Kier alpha value is -1.02. The fourth-order valence-electron chi connectivity index (χ4n) is 1.40. The molecule has 13 heavy (non-hydrogen) atoms. The molecule has 1 fully saturated rings. The first-order valence-electron chi connectivity index (χ1n) is 4.76. The standard InChI is InChI=1S/C11H18N2/c1-3-4-5-6-11(2)13-9-7-12-8-10-13/h3-6,12H,1,7-10H2,2H3/b5-4-,11-6+. The van der Waals surface area contributed by atoms with Crippen molar-refractivity contribution < 1.29 is 0 Å². The molecule has 1 saturated heterocycles. The van der Waals surface area contributed by atoms with Gasteiger partial charge in [0.1, 0.15) is 0 Å². The van der Waals surface area contributed by atoms with Gasteiger partial charge >= 0.3 is 0 Å².